The molecule has 0 unspecified atom stereocenters. The second-order valence-electron chi connectivity index (χ2n) is 4.30. The topological polar surface area (TPSA) is 59.3 Å². The average molecular weight is 307 g/mol. The fourth-order valence-electron chi connectivity index (χ4n) is 1.82. The number of carbonyl (C=O) groups excluding carboxylic acids is 1. The first-order chi connectivity index (χ1) is 9.67. The molecule has 2 aromatic heterocycles. The number of hydrogen-bond acceptors (Lipinski definition) is 4. The van der Waals surface area contributed by atoms with Crippen LogP contribution in [0.2, 0.25) is 0 Å². The number of nitrogens with zero attached hydrogens (tertiary/aromatic N) is 3. The Bertz CT molecular complexity index is 762. The first-order valence-electron chi connectivity index (χ1n) is 5.94. The third-order valence-corrected chi connectivity index (χ3v) is 3.86. The van der Waals surface area contributed by atoms with Gasteiger partial charge in [-0.3, -0.25) is 10.1 Å². The number of amides is 1. The van der Waals surface area contributed by atoms with Crippen LogP contribution < -0.4 is 5.32 Å². The van der Waals surface area contributed by atoms with Crippen LogP contribution in [0.3, 0.4) is 0 Å². The summed E-state index contributed by atoms with van der Waals surface area (Å²) < 4.78 is 1.72. The van der Waals surface area contributed by atoms with Crippen molar-refractivity contribution < 1.29 is 4.79 Å². The molecule has 1 amide bonds. The molecular weight excluding hydrogens is 296 g/mol. The molecular formula is C13H11ClN4OS. The van der Waals surface area contributed by atoms with E-state index in [2.05, 4.69) is 15.4 Å². The molecule has 3 aromatic rings. The van der Waals surface area contributed by atoms with Gasteiger partial charge in [0.05, 0.1) is 5.69 Å². The van der Waals surface area contributed by atoms with Crippen LogP contribution >= 0.6 is 22.9 Å². The number of nitrogens with one attached hydrogen (secondary N) is 1. The number of anilines is 1. The summed E-state index contributed by atoms with van der Waals surface area (Å²) in [4.78, 5) is 16.2. The van der Waals surface area contributed by atoms with Gasteiger partial charge in [-0.25, -0.2) is 4.52 Å². The number of aromatic nitrogens is 3. The number of halogens is 1. The predicted molar refractivity (Wildman–Crippen MR) is 80.4 cm³/mol. The quantitative estimate of drug-likeness (QED) is 0.757. The molecule has 0 aliphatic rings. The Balaban J connectivity index is 2.00. The number of rotatable bonds is 3. The van der Waals surface area contributed by atoms with Gasteiger partial charge in [0.2, 0.25) is 16.8 Å². The Morgan fingerprint density at radius 1 is 1.40 bits per heavy atom. The lowest BCUT2D eigenvalue weighted by atomic mass is 10.1. The summed E-state index contributed by atoms with van der Waals surface area (Å²) in [7, 11) is 0. The zero-order valence-corrected chi connectivity index (χ0v) is 12.2. The number of hydrogen-bond donors (Lipinski definition) is 1. The highest BCUT2D eigenvalue weighted by Crippen LogP contribution is 2.26. The first kappa shape index (κ1) is 13.1. The zero-order chi connectivity index (χ0) is 14.1. The van der Waals surface area contributed by atoms with Crippen LogP contribution in [-0.2, 0) is 4.79 Å². The van der Waals surface area contributed by atoms with Gasteiger partial charge in [0.15, 0.2) is 0 Å². The van der Waals surface area contributed by atoms with Crippen LogP contribution in [0, 0.1) is 6.92 Å². The second-order valence-corrected chi connectivity index (χ2v) is 5.40. The van der Waals surface area contributed by atoms with Crippen LogP contribution in [0.4, 0.5) is 5.95 Å². The van der Waals surface area contributed by atoms with E-state index in [1.807, 2.05) is 36.6 Å². The Morgan fingerprint density at radius 3 is 2.85 bits per heavy atom. The maximum atomic E-state index is 11.2. The molecule has 3 rings (SSSR count). The number of thiazole rings is 1. The molecule has 0 atom stereocenters. The van der Waals surface area contributed by atoms with Gasteiger partial charge < -0.3 is 0 Å². The van der Waals surface area contributed by atoms with Crippen molar-refractivity contribution in [3.8, 4) is 11.3 Å². The van der Waals surface area contributed by atoms with Crippen molar-refractivity contribution in [1.82, 2.24) is 14.6 Å². The molecule has 0 radical (unpaired) electrons. The SMILES string of the molecule is Cc1ccc(-c2csc3nc(NC(=O)CCl)nn23)cc1. The normalized spacial score (nSPS) is 10.9. The van der Waals surface area contributed by atoms with Gasteiger partial charge in [-0.05, 0) is 6.92 Å². The van der Waals surface area contributed by atoms with Crippen molar-refractivity contribution in [2.24, 2.45) is 0 Å². The van der Waals surface area contributed by atoms with Crippen molar-refractivity contribution in [2.45, 2.75) is 6.92 Å². The molecule has 20 heavy (non-hydrogen) atoms. The van der Waals surface area contributed by atoms with E-state index in [1.54, 1.807) is 4.52 Å². The molecule has 0 saturated carbocycles. The van der Waals surface area contributed by atoms with Crippen LogP contribution in [0.15, 0.2) is 29.6 Å². The van der Waals surface area contributed by atoms with Gasteiger partial charge in [0.1, 0.15) is 5.88 Å². The van der Waals surface area contributed by atoms with E-state index in [1.165, 1.54) is 16.9 Å². The molecule has 1 aromatic carbocycles. The first-order valence-corrected chi connectivity index (χ1v) is 7.36. The summed E-state index contributed by atoms with van der Waals surface area (Å²) in [6.45, 7) is 2.04. The monoisotopic (exact) mass is 306 g/mol. The highest BCUT2D eigenvalue weighted by atomic mass is 35.5. The summed E-state index contributed by atoms with van der Waals surface area (Å²) >= 11 is 6.92. The molecule has 0 saturated heterocycles. The predicted octanol–water partition coefficient (Wildman–Crippen LogP) is 2.94. The van der Waals surface area contributed by atoms with Crippen LogP contribution in [0.5, 0.6) is 0 Å². The van der Waals surface area contributed by atoms with Crippen LogP contribution in [-0.4, -0.2) is 26.4 Å². The smallest absolute Gasteiger partial charge is 0.250 e. The van der Waals surface area contributed by atoms with Crippen LogP contribution in [0.1, 0.15) is 5.56 Å². The minimum absolute atomic E-state index is 0.113. The molecule has 7 heteroatoms. The summed E-state index contributed by atoms with van der Waals surface area (Å²) in [6, 6.07) is 8.17. The summed E-state index contributed by atoms with van der Waals surface area (Å²) in [5.41, 5.74) is 3.21. The molecule has 0 aliphatic heterocycles. The maximum absolute atomic E-state index is 11.2. The third-order valence-electron chi connectivity index (χ3n) is 2.80. The van der Waals surface area contributed by atoms with Crippen LogP contribution in [0.25, 0.3) is 16.2 Å². The average Bonchev–Trinajstić information content (AvgIpc) is 2.99. The molecule has 2 heterocycles. The summed E-state index contributed by atoms with van der Waals surface area (Å²) in [6.07, 6.45) is 0. The summed E-state index contributed by atoms with van der Waals surface area (Å²) in [5.74, 6) is -0.157. The lowest BCUT2D eigenvalue weighted by Gasteiger charge is -1.99. The largest absolute Gasteiger partial charge is 0.292 e. The minimum Gasteiger partial charge on any atom is -0.292 e. The highest BCUT2D eigenvalue weighted by molar-refractivity contribution is 7.15. The number of fused-ring (bicyclic) bond motifs is 1. The van der Waals surface area contributed by atoms with Gasteiger partial charge in [0.25, 0.3) is 0 Å². The van der Waals surface area contributed by atoms with E-state index in [4.69, 9.17) is 11.6 Å². The van der Waals surface area contributed by atoms with Gasteiger partial charge in [0, 0.05) is 10.9 Å². The van der Waals surface area contributed by atoms with Crippen molar-refractivity contribution in [1.29, 1.82) is 0 Å². The molecule has 0 fully saturated rings. The second kappa shape index (κ2) is 5.22. The Kier molecular flexibility index (Phi) is 3.42. The Morgan fingerprint density at radius 2 is 2.15 bits per heavy atom. The van der Waals surface area contributed by atoms with E-state index < -0.39 is 0 Å². The van der Waals surface area contributed by atoms with E-state index in [0.717, 1.165) is 16.2 Å². The number of benzene rings is 1. The fraction of sp³-hybridized carbons (Fsp3) is 0.154. The molecule has 5 nitrogen and oxygen atoms in total. The fourth-order valence-corrected chi connectivity index (χ4v) is 2.71. The van der Waals surface area contributed by atoms with Crippen molar-refractivity contribution >= 4 is 39.8 Å². The lowest BCUT2D eigenvalue weighted by Crippen LogP contribution is -2.13. The Labute approximate surface area is 124 Å². The van der Waals surface area contributed by atoms with Crippen molar-refractivity contribution in [3.05, 3.63) is 35.2 Å². The van der Waals surface area contributed by atoms with Gasteiger partial charge in [-0.1, -0.05) is 29.8 Å². The standard InChI is InChI=1S/C13H11ClN4OS/c1-8-2-4-9(5-3-8)10-7-20-13-16-12(17-18(10)13)15-11(19)6-14/h2-5,7H,6H2,1H3,(H,15,17,19). The number of alkyl halides is 1. The van der Waals surface area contributed by atoms with E-state index in [9.17, 15) is 4.79 Å². The maximum Gasteiger partial charge on any atom is 0.250 e. The number of carbonyl (C=O) groups is 1. The van der Waals surface area contributed by atoms with Crippen molar-refractivity contribution in [2.75, 3.05) is 11.2 Å². The minimum atomic E-state index is -0.318. The zero-order valence-electron chi connectivity index (χ0n) is 10.6. The highest BCUT2D eigenvalue weighted by Gasteiger charge is 2.12. The lowest BCUT2D eigenvalue weighted by molar-refractivity contribution is -0.114. The summed E-state index contributed by atoms with van der Waals surface area (Å²) in [5, 5.41) is 8.83. The molecule has 0 aliphatic carbocycles. The molecule has 102 valence electrons. The van der Waals surface area contributed by atoms with E-state index in [0.29, 0.717) is 0 Å². The van der Waals surface area contributed by atoms with Gasteiger partial charge in [-0.2, -0.15) is 4.98 Å². The van der Waals surface area contributed by atoms with E-state index in [-0.39, 0.29) is 17.7 Å². The molecule has 0 spiro atoms. The molecule has 1 N–H and O–H groups in total. The van der Waals surface area contributed by atoms with Crippen molar-refractivity contribution in [3.63, 3.8) is 0 Å². The van der Waals surface area contributed by atoms with Gasteiger partial charge in [-0.15, -0.1) is 28.0 Å². The van der Waals surface area contributed by atoms with Gasteiger partial charge >= 0.3 is 0 Å². The number of aryl methyl sites for hydroxylation is 1. The Hall–Kier alpha value is -1.92. The van der Waals surface area contributed by atoms with E-state index >= 15 is 0 Å². The third kappa shape index (κ3) is 2.39. The molecule has 0 bridgehead atoms.